The number of hydrogen-bond acceptors (Lipinski definition) is 3. The summed E-state index contributed by atoms with van der Waals surface area (Å²) in [5.74, 6) is -1.39. The molecular formula is C11H11NO3S. The van der Waals surface area contributed by atoms with Gasteiger partial charge in [0.2, 0.25) is 0 Å². The van der Waals surface area contributed by atoms with Crippen LogP contribution in [0.2, 0.25) is 0 Å². The Labute approximate surface area is 95.7 Å². The monoisotopic (exact) mass is 237 g/mol. The van der Waals surface area contributed by atoms with Gasteiger partial charge in [0.25, 0.3) is 5.56 Å². The molecule has 0 bridgehead atoms. The van der Waals surface area contributed by atoms with Crippen molar-refractivity contribution < 1.29 is 9.90 Å². The molecule has 2 aromatic rings. The number of carboxylic acid groups (broad SMARTS) is 1. The zero-order chi connectivity index (χ0) is 11.7. The Morgan fingerprint density at radius 3 is 2.94 bits per heavy atom. The van der Waals surface area contributed by atoms with Crippen molar-refractivity contribution in [2.24, 2.45) is 0 Å². The van der Waals surface area contributed by atoms with E-state index in [0.29, 0.717) is 17.4 Å². The second-order valence-corrected chi connectivity index (χ2v) is 4.44. The third-order valence-corrected chi connectivity index (χ3v) is 3.47. The van der Waals surface area contributed by atoms with Gasteiger partial charge >= 0.3 is 5.97 Å². The number of aliphatic carboxylic acids is 1. The van der Waals surface area contributed by atoms with Gasteiger partial charge in [-0.1, -0.05) is 24.5 Å². The van der Waals surface area contributed by atoms with Crippen molar-refractivity contribution in [3.05, 3.63) is 34.1 Å². The molecule has 0 saturated carbocycles. The van der Waals surface area contributed by atoms with E-state index in [0.717, 1.165) is 4.70 Å². The number of rotatable bonds is 3. The van der Waals surface area contributed by atoms with Crippen LogP contribution in [-0.4, -0.2) is 15.4 Å². The Hall–Kier alpha value is -1.62. The van der Waals surface area contributed by atoms with Gasteiger partial charge in [-0.25, -0.2) is 0 Å². The minimum atomic E-state index is -0.853. The normalized spacial score (nSPS) is 12.8. The largest absolute Gasteiger partial charge is 0.481 e. The number of carbonyl (C=O) groups is 1. The van der Waals surface area contributed by atoms with Gasteiger partial charge in [0, 0.05) is 0 Å². The van der Waals surface area contributed by atoms with E-state index in [1.54, 1.807) is 18.2 Å². The third kappa shape index (κ3) is 1.74. The SMILES string of the molecule is CCC(C(=O)O)c1ccc2s[nH]c(=O)c2c1. The molecule has 0 amide bonds. The molecule has 1 unspecified atom stereocenters. The Kier molecular flexibility index (Phi) is 2.78. The number of carboxylic acids is 1. The average molecular weight is 237 g/mol. The summed E-state index contributed by atoms with van der Waals surface area (Å²) in [5, 5.41) is 9.61. The summed E-state index contributed by atoms with van der Waals surface area (Å²) in [4.78, 5) is 22.4. The molecular weight excluding hydrogens is 226 g/mol. The van der Waals surface area contributed by atoms with Gasteiger partial charge < -0.3 is 5.11 Å². The van der Waals surface area contributed by atoms with Crippen LogP contribution in [0.25, 0.3) is 10.1 Å². The molecule has 1 aromatic carbocycles. The summed E-state index contributed by atoms with van der Waals surface area (Å²) in [6, 6.07) is 5.24. The maximum atomic E-state index is 11.4. The Bertz CT molecular complexity index is 584. The summed E-state index contributed by atoms with van der Waals surface area (Å²) in [5.41, 5.74) is 0.536. The molecule has 0 aliphatic heterocycles. The van der Waals surface area contributed by atoms with Gasteiger partial charge in [0.05, 0.1) is 16.0 Å². The lowest BCUT2D eigenvalue weighted by Gasteiger charge is -2.09. The van der Waals surface area contributed by atoms with Crippen LogP contribution in [0, 0.1) is 0 Å². The second kappa shape index (κ2) is 4.09. The predicted molar refractivity (Wildman–Crippen MR) is 63.1 cm³/mol. The number of H-pyrrole nitrogens is 1. The minimum absolute atomic E-state index is 0.151. The first-order valence-electron chi connectivity index (χ1n) is 4.97. The van der Waals surface area contributed by atoms with Crippen LogP contribution in [0.15, 0.2) is 23.0 Å². The highest BCUT2D eigenvalue weighted by Gasteiger charge is 2.18. The lowest BCUT2D eigenvalue weighted by Crippen LogP contribution is -2.10. The minimum Gasteiger partial charge on any atom is -0.481 e. The van der Waals surface area contributed by atoms with Crippen molar-refractivity contribution in [1.82, 2.24) is 4.37 Å². The molecule has 1 heterocycles. The summed E-state index contributed by atoms with van der Waals surface area (Å²) in [7, 11) is 0. The van der Waals surface area contributed by atoms with Crippen LogP contribution in [0.1, 0.15) is 24.8 Å². The number of nitrogens with one attached hydrogen (secondary N) is 1. The van der Waals surface area contributed by atoms with E-state index in [9.17, 15) is 9.59 Å². The quantitative estimate of drug-likeness (QED) is 0.859. The number of aromatic amines is 1. The molecule has 4 nitrogen and oxygen atoms in total. The Morgan fingerprint density at radius 2 is 2.31 bits per heavy atom. The third-order valence-electron chi connectivity index (χ3n) is 2.61. The van der Waals surface area contributed by atoms with Crippen molar-refractivity contribution in [2.45, 2.75) is 19.3 Å². The number of fused-ring (bicyclic) bond motifs is 1. The van der Waals surface area contributed by atoms with Gasteiger partial charge in [0.1, 0.15) is 0 Å². The maximum absolute atomic E-state index is 11.4. The average Bonchev–Trinajstić information content (AvgIpc) is 2.61. The number of aromatic nitrogens is 1. The Balaban J connectivity index is 2.57. The molecule has 0 spiro atoms. The summed E-state index contributed by atoms with van der Waals surface area (Å²) < 4.78 is 3.48. The van der Waals surface area contributed by atoms with Crippen LogP contribution in [0.5, 0.6) is 0 Å². The van der Waals surface area contributed by atoms with Gasteiger partial charge in [-0.15, -0.1) is 0 Å². The maximum Gasteiger partial charge on any atom is 0.310 e. The molecule has 0 saturated heterocycles. The van der Waals surface area contributed by atoms with Crippen molar-refractivity contribution in [1.29, 1.82) is 0 Å². The van der Waals surface area contributed by atoms with Crippen LogP contribution in [0.4, 0.5) is 0 Å². The van der Waals surface area contributed by atoms with E-state index in [1.165, 1.54) is 11.5 Å². The molecule has 0 aliphatic rings. The smallest absolute Gasteiger partial charge is 0.310 e. The zero-order valence-electron chi connectivity index (χ0n) is 8.69. The molecule has 0 fully saturated rings. The predicted octanol–water partition coefficient (Wildman–Crippen LogP) is 2.17. The van der Waals surface area contributed by atoms with Crippen LogP contribution in [-0.2, 0) is 4.79 Å². The first kappa shape index (κ1) is 10.9. The highest BCUT2D eigenvalue weighted by atomic mass is 32.1. The topological polar surface area (TPSA) is 70.2 Å². The molecule has 2 rings (SSSR count). The van der Waals surface area contributed by atoms with Crippen molar-refractivity contribution in [2.75, 3.05) is 0 Å². The van der Waals surface area contributed by atoms with E-state index >= 15 is 0 Å². The molecule has 84 valence electrons. The molecule has 1 aromatic heterocycles. The van der Waals surface area contributed by atoms with Gasteiger partial charge in [-0.2, -0.15) is 0 Å². The van der Waals surface area contributed by atoms with Gasteiger partial charge in [-0.05, 0) is 24.1 Å². The second-order valence-electron chi connectivity index (χ2n) is 3.59. The van der Waals surface area contributed by atoms with E-state index < -0.39 is 11.9 Å². The molecule has 2 N–H and O–H groups in total. The van der Waals surface area contributed by atoms with Crippen molar-refractivity contribution in [3.63, 3.8) is 0 Å². The fraction of sp³-hybridized carbons (Fsp3) is 0.273. The lowest BCUT2D eigenvalue weighted by atomic mass is 9.96. The highest BCUT2D eigenvalue weighted by Crippen LogP contribution is 2.24. The summed E-state index contributed by atoms with van der Waals surface area (Å²) in [6.45, 7) is 1.82. The number of hydrogen-bond donors (Lipinski definition) is 2. The van der Waals surface area contributed by atoms with Crippen molar-refractivity contribution in [3.8, 4) is 0 Å². The van der Waals surface area contributed by atoms with E-state index in [4.69, 9.17) is 5.11 Å². The van der Waals surface area contributed by atoms with E-state index in [2.05, 4.69) is 4.37 Å². The zero-order valence-corrected chi connectivity index (χ0v) is 9.50. The standard InChI is InChI=1S/C11H11NO3S/c1-2-7(11(14)15)6-3-4-9-8(5-6)10(13)12-16-9/h3-5,7H,2H2,1H3,(H,12,13)(H,14,15). The van der Waals surface area contributed by atoms with Gasteiger partial charge in [-0.3, -0.25) is 14.0 Å². The van der Waals surface area contributed by atoms with E-state index in [-0.39, 0.29) is 5.56 Å². The van der Waals surface area contributed by atoms with Crippen LogP contribution in [0.3, 0.4) is 0 Å². The molecule has 0 radical (unpaired) electrons. The van der Waals surface area contributed by atoms with Crippen LogP contribution < -0.4 is 5.56 Å². The van der Waals surface area contributed by atoms with Crippen molar-refractivity contribution >= 4 is 27.6 Å². The fourth-order valence-corrected chi connectivity index (χ4v) is 2.45. The summed E-state index contributed by atoms with van der Waals surface area (Å²) in [6.07, 6.45) is 0.517. The molecule has 0 aliphatic carbocycles. The van der Waals surface area contributed by atoms with Crippen LogP contribution >= 0.6 is 11.5 Å². The fourth-order valence-electron chi connectivity index (χ4n) is 1.74. The van der Waals surface area contributed by atoms with Gasteiger partial charge in [0.15, 0.2) is 0 Å². The first-order valence-corrected chi connectivity index (χ1v) is 5.79. The molecule has 16 heavy (non-hydrogen) atoms. The highest BCUT2D eigenvalue weighted by molar-refractivity contribution is 7.13. The molecule has 5 heteroatoms. The Morgan fingerprint density at radius 1 is 1.56 bits per heavy atom. The first-order chi connectivity index (χ1) is 7.63. The lowest BCUT2D eigenvalue weighted by molar-refractivity contribution is -0.138. The summed E-state index contributed by atoms with van der Waals surface area (Å²) >= 11 is 1.27. The number of benzene rings is 1. The molecule has 1 atom stereocenters. The van der Waals surface area contributed by atoms with E-state index in [1.807, 2.05) is 6.92 Å².